The minimum absolute atomic E-state index is 0.00287. The highest BCUT2D eigenvalue weighted by Crippen LogP contribution is 2.37. The lowest BCUT2D eigenvalue weighted by Gasteiger charge is -2.44. The van der Waals surface area contributed by atoms with E-state index in [1.165, 1.54) is 15.9 Å². The maximum atomic E-state index is 12.6. The van der Waals surface area contributed by atoms with Gasteiger partial charge >= 0.3 is 18.5 Å². The smallest absolute Gasteiger partial charge is 0.465 e. The van der Waals surface area contributed by atoms with Crippen LogP contribution in [0.15, 0.2) is 16.6 Å². The first-order valence-electron chi connectivity index (χ1n) is 9.59. The molecule has 1 aromatic rings. The van der Waals surface area contributed by atoms with E-state index >= 15 is 0 Å². The van der Waals surface area contributed by atoms with E-state index in [1.807, 2.05) is 4.90 Å². The Hall–Kier alpha value is -1.92. The van der Waals surface area contributed by atoms with Gasteiger partial charge in [0.1, 0.15) is 5.75 Å². The van der Waals surface area contributed by atoms with Crippen molar-refractivity contribution in [3.05, 3.63) is 21.6 Å². The fraction of sp³-hybridized carbons (Fsp3) is 0.556. The number of carboxylic acid groups (broad SMARTS) is 1. The summed E-state index contributed by atoms with van der Waals surface area (Å²) in [5.74, 6) is -0.525. The van der Waals surface area contributed by atoms with Crippen molar-refractivity contribution in [1.29, 1.82) is 0 Å². The van der Waals surface area contributed by atoms with Crippen molar-refractivity contribution < 1.29 is 32.6 Å². The van der Waals surface area contributed by atoms with Gasteiger partial charge in [-0.05, 0) is 41.3 Å². The number of piperazine rings is 1. The molecule has 2 aliphatic heterocycles. The van der Waals surface area contributed by atoms with Gasteiger partial charge in [0.05, 0.1) is 21.3 Å². The Kier molecular flexibility index (Phi) is 7.43. The van der Waals surface area contributed by atoms with Gasteiger partial charge in [-0.15, -0.1) is 13.2 Å². The highest BCUT2D eigenvalue weighted by Gasteiger charge is 2.34. The Morgan fingerprint density at radius 3 is 2.45 bits per heavy atom. The summed E-state index contributed by atoms with van der Waals surface area (Å²) in [4.78, 5) is 29.1. The topological polar surface area (TPSA) is 85.4 Å². The van der Waals surface area contributed by atoms with Crippen LogP contribution in [-0.4, -0.2) is 77.2 Å². The van der Waals surface area contributed by atoms with Gasteiger partial charge in [0.15, 0.2) is 0 Å². The summed E-state index contributed by atoms with van der Waals surface area (Å²) in [5.41, 5.74) is -0.0131. The van der Waals surface area contributed by atoms with Gasteiger partial charge in [-0.1, -0.05) is 11.6 Å². The van der Waals surface area contributed by atoms with Crippen molar-refractivity contribution in [3.63, 3.8) is 0 Å². The molecule has 3 rings (SSSR count). The Labute approximate surface area is 190 Å². The number of hydrogen-bond donors (Lipinski definition) is 2. The maximum absolute atomic E-state index is 12.6. The number of amides is 3. The number of hydrogen-bond acceptors (Lipinski definition) is 4. The molecule has 2 saturated heterocycles. The fourth-order valence-corrected chi connectivity index (χ4v) is 4.53. The highest BCUT2D eigenvalue weighted by molar-refractivity contribution is 9.10. The monoisotopic (exact) mass is 528 g/mol. The molecule has 0 spiro atoms. The van der Waals surface area contributed by atoms with Crippen molar-refractivity contribution in [2.75, 3.05) is 38.0 Å². The molecule has 0 bridgehead atoms. The van der Waals surface area contributed by atoms with Crippen LogP contribution in [0.1, 0.15) is 19.3 Å². The summed E-state index contributed by atoms with van der Waals surface area (Å²) in [6.45, 7) is 2.15. The molecule has 1 atom stereocenters. The number of nitrogens with one attached hydrogen (secondary N) is 1. The number of anilines is 1. The number of carbonyl (C=O) groups excluding carboxylic acids is 1. The number of benzene rings is 1. The molecule has 0 aromatic heterocycles. The second kappa shape index (κ2) is 9.70. The molecule has 172 valence electrons. The summed E-state index contributed by atoms with van der Waals surface area (Å²) in [6, 6.07) is 1.70. The van der Waals surface area contributed by atoms with E-state index < -0.39 is 24.2 Å². The normalized spacial score (nSPS) is 20.5. The van der Waals surface area contributed by atoms with E-state index in [0.717, 1.165) is 25.3 Å². The minimum Gasteiger partial charge on any atom is -0.465 e. The Morgan fingerprint density at radius 1 is 1.16 bits per heavy atom. The number of nitrogens with zero attached hydrogens (tertiary/aromatic N) is 3. The summed E-state index contributed by atoms with van der Waals surface area (Å²) < 4.78 is 41.6. The number of likely N-dealkylation sites (tertiary alicyclic amines) is 1. The van der Waals surface area contributed by atoms with Gasteiger partial charge in [0.2, 0.25) is 0 Å². The molecule has 1 aromatic carbocycles. The van der Waals surface area contributed by atoms with E-state index in [0.29, 0.717) is 32.7 Å². The number of carbonyl (C=O) groups is 2. The maximum Gasteiger partial charge on any atom is 0.573 e. The molecular weight excluding hydrogens is 509 g/mol. The van der Waals surface area contributed by atoms with Crippen molar-refractivity contribution in [2.45, 2.75) is 31.8 Å². The predicted molar refractivity (Wildman–Crippen MR) is 110 cm³/mol. The number of rotatable bonds is 3. The average molecular weight is 530 g/mol. The van der Waals surface area contributed by atoms with Crippen LogP contribution >= 0.6 is 27.5 Å². The molecule has 0 radical (unpaired) electrons. The van der Waals surface area contributed by atoms with Gasteiger partial charge in [-0.25, -0.2) is 9.59 Å². The lowest BCUT2D eigenvalue weighted by atomic mass is 10.1. The lowest BCUT2D eigenvalue weighted by molar-refractivity contribution is -0.274. The molecule has 0 aliphatic carbocycles. The molecule has 3 amide bonds. The van der Waals surface area contributed by atoms with Crippen molar-refractivity contribution in [2.24, 2.45) is 0 Å². The van der Waals surface area contributed by atoms with Gasteiger partial charge in [-0.3, -0.25) is 9.80 Å². The first-order valence-corrected chi connectivity index (χ1v) is 10.8. The van der Waals surface area contributed by atoms with E-state index in [1.54, 1.807) is 0 Å². The zero-order chi connectivity index (χ0) is 22.8. The molecule has 2 N–H and O–H groups in total. The highest BCUT2D eigenvalue weighted by atomic mass is 79.9. The molecule has 13 heteroatoms. The number of piperidine rings is 1. The molecule has 2 heterocycles. The molecule has 8 nitrogen and oxygen atoms in total. The molecule has 2 aliphatic rings. The Morgan fingerprint density at radius 2 is 1.84 bits per heavy atom. The zero-order valence-corrected chi connectivity index (χ0v) is 18.6. The van der Waals surface area contributed by atoms with Gasteiger partial charge in [0.25, 0.3) is 0 Å². The zero-order valence-electron chi connectivity index (χ0n) is 16.3. The second-order valence-corrected chi connectivity index (χ2v) is 8.48. The molecule has 2 fully saturated rings. The first-order chi connectivity index (χ1) is 14.5. The molecular formula is C18H21BrClF3N4O4. The fourth-order valence-electron chi connectivity index (χ4n) is 3.76. The van der Waals surface area contributed by atoms with Crippen LogP contribution in [0.4, 0.5) is 28.4 Å². The summed E-state index contributed by atoms with van der Waals surface area (Å²) in [5, 5.41) is 12.0. The summed E-state index contributed by atoms with van der Waals surface area (Å²) in [7, 11) is 0. The van der Waals surface area contributed by atoms with E-state index in [9.17, 15) is 27.9 Å². The molecule has 31 heavy (non-hydrogen) atoms. The predicted octanol–water partition coefficient (Wildman–Crippen LogP) is 4.64. The Balaban J connectivity index is 1.61. The summed E-state index contributed by atoms with van der Waals surface area (Å²) in [6.07, 6.45) is -3.53. The average Bonchev–Trinajstić information content (AvgIpc) is 2.70. The second-order valence-electron chi connectivity index (χ2n) is 7.22. The van der Waals surface area contributed by atoms with E-state index in [-0.39, 0.29) is 21.3 Å². The summed E-state index contributed by atoms with van der Waals surface area (Å²) >= 11 is 9.01. The van der Waals surface area contributed by atoms with E-state index in [2.05, 4.69) is 26.0 Å². The van der Waals surface area contributed by atoms with Crippen molar-refractivity contribution in [1.82, 2.24) is 14.7 Å². The Bertz CT molecular complexity index is 837. The van der Waals surface area contributed by atoms with Crippen LogP contribution in [0.2, 0.25) is 5.02 Å². The molecule has 0 saturated carbocycles. The van der Waals surface area contributed by atoms with Crippen molar-refractivity contribution >= 4 is 45.3 Å². The number of alkyl halides is 3. The van der Waals surface area contributed by atoms with Crippen LogP contribution in [0.5, 0.6) is 5.75 Å². The lowest BCUT2D eigenvalue weighted by Crippen LogP contribution is -2.59. The molecule has 1 unspecified atom stereocenters. The van der Waals surface area contributed by atoms with Crippen molar-refractivity contribution in [3.8, 4) is 5.75 Å². The van der Waals surface area contributed by atoms with Crippen LogP contribution in [0.25, 0.3) is 0 Å². The van der Waals surface area contributed by atoms with Crippen LogP contribution < -0.4 is 10.1 Å². The third-order valence-electron chi connectivity index (χ3n) is 5.23. The standard InChI is InChI=1S/C18H21BrClF3N4O4/c19-11-9-12(20)13(10-14(11)31-18(21,22)23)24-16(28)26-7-5-25(6-8-26)15-3-1-2-4-27(15)17(29)30/h9-10,15H,1-8H2,(H,24,28)(H,29,30). The first kappa shape index (κ1) is 23.7. The SMILES string of the molecule is O=C(Nc1cc(OC(F)(F)F)c(Br)cc1Cl)N1CCN(C2CCCCN2C(=O)O)CC1. The third-order valence-corrected chi connectivity index (χ3v) is 6.16. The van der Waals surface area contributed by atoms with Crippen LogP contribution in [0, 0.1) is 0 Å². The minimum atomic E-state index is -4.89. The largest absolute Gasteiger partial charge is 0.573 e. The quantitative estimate of drug-likeness (QED) is 0.596. The third kappa shape index (κ3) is 6.07. The van der Waals surface area contributed by atoms with Crippen LogP contribution in [0.3, 0.4) is 0 Å². The number of urea groups is 1. The van der Waals surface area contributed by atoms with Gasteiger partial charge < -0.3 is 20.1 Å². The number of halogens is 5. The van der Waals surface area contributed by atoms with E-state index in [4.69, 9.17) is 11.6 Å². The van der Waals surface area contributed by atoms with Crippen LogP contribution in [-0.2, 0) is 0 Å². The van der Waals surface area contributed by atoms with Gasteiger partial charge in [0, 0.05) is 38.8 Å². The van der Waals surface area contributed by atoms with Gasteiger partial charge in [-0.2, -0.15) is 0 Å². The number of ether oxygens (including phenoxy) is 1.